The normalized spacial score (nSPS) is 13.1. The molecule has 2 aromatic heterocycles. The molecular weight excluding hydrogens is 705 g/mol. The summed E-state index contributed by atoms with van der Waals surface area (Å²) in [5.41, 5.74) is 16.0. The maximum Gasteiger partial charge on any atom is 0.159 e. The molecule has 9 aromatic carbocycles. The number of hydrogen-bond acceptors (Lipinski definition) is 2. The fraction of sp³-hybridized carbons (Fsp3) is 0.0545. The second kappa shape index (κ2) is 12.3. The predicted molar refractivity (Wildman–Crippen MR) is 243 cm³/mol. The van der Waals surface area contributed by atoms with Crippen LogP contribution in [0.5, 0.6) is 0 Å². The van der Waals surface area contributed by atoms with Crippen LogP contribution in [-0.4, -0.2) is 4.57 Å². The Balaban J connectivity index is 1.05. The van der Waals surface area contributed by atoms with E-state index in [0.717, 1.165) is 55.6 Å². The first-order chi connectivity index (χ1) is 28.5. The molecule has 0 unspecified atom stereocenters. The summed E-state index contributed by atoms with van der Waals surface area (Å²) < 4.78 is 9.39. The molecule has 0 aliphatic heterocycles. The molecule has 0 saturated carbocycles. The average molecular weight is 743 g/mol. The van der Waals surface area contributed by atoms with Gasteiger partial charge in [0.2, 0.25) is 0 Å². The quantitative estimate of drug-likeness (QED) is 0.175. The second-order valence-corrected chi connectivity index (χ2v) is 16.1. The third-order valence-electron chi connectivity index (χ3n) is 12.6. The van der Waals surface area contributed by atoms with E-state index in [4.69, 9.17) is 4.42 Å². The smallest absolute Gasteiger partial charge is 0.159 e. The number of fused-ring (bicyclic) bond motifs is 11. The van der Waals surface area contributed by atoms with Crippen LogP contribution in [0.4, 0.5) is 17.1 Å². The van der Waals surface area contributed by atoms with Gasteiger partial charge in [0, 0.05) is 49.3 Å². The van der Waals surface area contributed by atoms with Crippen LogP contribution < -0.4 is 4.90 Å². The molecular formula is C55H38N2O. The van der Waals surface area contributed by atoms with E-state index in [9.17, 15) is 0 Å². The van der Waals surface area contributed by atoms with Crippen molar-refractivity contribution in [3.8, 4) is 27.9 Å². The van der Waals surface area contributed by atoms with Crippen molar-refractivity contribution in [2.24, 2.45) is 0 Å². The molecule has 3 heteroatoms. The number of hydrogen-bond donors (Lipinski definition) is 0. The highest BCUT2D eigenvalue weighted by atomic mass is 16.3. The highest BCUT2D eigenvalue weighted by molar-refractivity contribution is 6.18. The Hall–Kier alpha value is -7.36. The Kier molecular flexibility index (Phi) is 6.98. The Bertz CT molecular complexity index is 3380. The van der Waals surface area contributed by atoms with Crippen molar-refractivity contribution in [2.75, 3.05) is 4.90 Å². The first-order valence-electron chi connectivity index (χ1n) is 20.1. The molecule has 1 aliphatic rings. The Labute approximate surface area is 336 Å². The van der Waals surface area contributed by atoms with E-state index in [1.54, 1.807) is 0 Å². The maximum atomic E-state index is 7.01. The van der Waals surface area contributed by atoms with Gasteiger partial charge in [-0.25, -0.2) is 0 Å². The van der Waals surface area contributed by atoms with Gasteiger partial charge in [-0.05, 0) is 87.8 Å². The van der Waals surface area contributed by atoms with Gasteiger partial charge in [-0.1, -0.05) is 153 Å². The number of aromatic nitrogens is 1. The minimum Gasteiger partial charge on any atom is -0.453 e. The van der Waals surface area contributed by atoms with Gasteiger partial charge in [-0.3, -0.25) is 0 Å². The zero-order valence-electron chi connectivity index (χ0n) is 32.3. The lowest BCUT2D eigenvalue weighted by molar-refractivity contribution is 0.660. The van der Waals surface area contributed by atoms with E-state index in [0.29, 0.717) is 0 Å². The monoisotopic (exact) mass is 742 g/mol. The summed E-state index contributed by atoms with van der Waals surface area (Å²) in [6.07, 6.45) is 0. The van der Waals surface area contributed by atoms with E-state index < -0.39 is 0 Å². The van der Waals surface area contributed by atoms with Crippen LogP contribution in [0.25, 0.3) is 82.5 Å². The lowest BCUT2D eigenvalue weighted by Crippen LogP contribution is -2.16. The fourth-order valence-corrected chi connectivity index (χ4v) is 9.85. The van der Waals surface area contributed by atoms with Crippen LogP contribution in [0.1, 0.15) is 25.0 Å². The van der Waals surface area contributed by atoms with Crippen molar-refractivity contribution in [2.45, 2.75) is 19.3 Å². The zero-order valence-corrected chi connectivity index (χ0v) is 32.3. The molecule has 2 heterocycles. The van der Waals surface area contributed by atoms with Crippen molar-refractivity contribution < 1.29 is 4.42 Å². The number of benzene rings is 9. The molecule has 1 aliphatic carbocycles. The third-order valence-corrected chi connectivity index (χ3v) is 12.6. The van der Waals surface area contributed by atoms with Gasteiger partial charge >= 0.3 is 0 Å². The molecule has 0 radical (unpaired) electrons. The van der Waals surface area contributed by atoms with Crippen molar-refractivity contribution in [3.05, 3.63) is 205 Å². The number of anilines is 3. The molecule has 0 fully saturated rings. The van der Waals surface area contributed by atoms with Gasteiger partial charge in [-0.15, -0.1) is 0 Å². The standard InChI is InChI=1S/C55H38N2O/c1-55(2)46-22-8-5-20-45(46)52-47(55)23-13-26-50(52)56(51-27-12-21-43-44-33-30-36-14-3-4-17-40(36)53(44)58-54(43)51)38-31-28-35(29-32-38)37-15-11-16-39(34-37)57-48-24-9-6-18-41(48)42-19-7-10-25-49(42)57/h3-34H,1-2H3. The third kappa shape index (κ3) is 4.68. The highest BCUT2D eigenvalue weighted by Gasteiger charge is 2.38. The number of para-hydroxylation sites is 3. The second-order valence-electron chi connectivity index (χ2n) is 16.1. The van der Waals surface area contributed by atoms with Gasteiger partial charge in [0.05, 0.1) is 22.4 Å². The van der Waals surface area contributed by atoms with Gasteiger partial charge in [0.25, 0.3) is 0 Å². The van der Waals surface area contributed by atoms with Gasteiger partial charge in [0.1, 0.15) is 5.58 Å². The van der Waals surface area contributed by atoms with E-state index in [2.05, 4.69) is 217 Å². The Morgan fingerprint density at radius 2 is 1.07 bits per heavy atom. The van der Waals surface area contributed by atoms with Crippen LogP contribution in [0.2, 0.25) is 0 Å². The van der Waals surface area contributed by atoms with E-state index >= 15 is 0 Å². The summed E-state index contributed by atoms with van der Waals surface area (Å²) in [6.45, 7) is 4.69. The van der Waals surface area contributed by atoms with Crippen LogP contribution in [0.3, 0.4) is 0 Å². The van der Waals surface area contributed by atoms with Crippen LogP contribution in [-0.2, 0) is 5.41 Å². The summed E-state index contributed by atoms with van der Waals surface area (Å²) in [5, 5.41) is 7.05. The summed E-state index contributed by atoms with van der Waals surface area (Å²) in [6, 6.07) is 70.5. The van der Waals surface area contributed by atoms with Gasteiger partial charge in [0.15, 0.2) is 5.58 Å². The fourth-order valence-electron chi connectivity index (χ4n) is 9.85. The molecule has 0 amide bonds. The number of nitrogens with zero attached hydrogens (tertiary/aromatic N) is 2. The van der Waals surface area contributed by atoms with Gasteiger partial charge in [-0.2, -0.15) is 0 Å². The van der Waals surface area contributed by atoms with Crippen molar-refractivity contribution in [3.63, 3.8) is 0 Å². The topological polar surface area (TPSA) is 21.3 Å². The summed E-state index contributed by atoms with van der Waals surface area (Å²) in [7, 11) is 0. The molecule has 11 aromatic rings. The van der Waals surface area contributed by atoms with Crippen molar-refractivity contribution >= 4 is 71.6 Å². The minimum atomic E-state index is -0.136. The Morgan fingerprint density at radius 3 is 1.88 bits per heavy atom. The first kappa shape index (κ1) is 32.8. The zero-order chi connectivity index (χ0) is 38.5. The predicted octanol–water partition coefficient (Wildman–Crippen LogP) is 15.3. The molecule has 0 saturated heterocycles. The van der Waals surface area contributed by atoms with Gasteiger partial charge < -0.3 is 13.9 Å². The highest BCUT2D eigenvalue weighted by Crippen LogP contribution is 2.55. The first-order valence-corrected chi connectivity index (χ1v) is 20.1. The molecule has 274 valence electrons. The van der Waals surface area contributed by atoms with E-state index in [1.165, 1.54) is 55.0 Å². The summed E-state index contributed by atoms with van der Waals surface area (Å²) in [5.74, 6) is 0. The molecule has 58 heavy (non-hydrogen) atoms. The minimum absolute atomic E-state index is 0.136. The maximum absolute atomic E-state index is 7.01. The molecule has 0 spiro atoms. The molecule has 3 nitrogen and oxygen atoms in total. The molecule has 12 rings (SSSR count). The molecule has 0 bridgehead atoms. The average Bonchev–Trinajstić information content (AvgIpc) is 3.91. The van der Waals surface area contributed by atoms with Crippen LogP contribution in [0.15, 0.2) is 199 Å². The lowest BCUT2D eigenvalue weighted by Gasteiger charge is -2.29. The van der Waals surface area contributed by atoms with E-state index in [1.807, 2.05) is 0 Å². The Morgan fingerprint density at radius 1 is 0.448 bits per heavy atom. The number of furan rings is 1. The number of rotatable bonds is 5. The summed E-state index contributed by atoms with van der Waals surface area (Å²) in [4.78, 5) is 2.42. The van der Waals surface area contributed by atoms with Crippen molar-refractivity contribution in [1.29, 1.82) is 0 Å². The largest absolute Gasteiger partial charge is 0.453 e. The SMILES string of the molecule is CC1(C)c2ccccc2-c2c(N(c3ccc(-c4cccc(-n5c6ccccc6c6ccccc65)c4)cc3)c3cccc4c3oc3c5ccccc5ccc43)cccc21. The van der Waals surface area contributed by atoms with Crippen LogP contribution in [0, 0.1) is 0 Å². The van der Waals surface area contributed by atoms with E-state index in [-0.39, 0.29) is 5.41 Å². The molecule has 0 atom stereocenters. The summed E-state index contributed by atoms with van der Waals surface area (Å²) >= 11 is 0. The molecule has 0 N–H and O–H groups in total. The van der Waals surface area contributed by atoms with Crippen molar-refractivity contribution in [1.82, 2.24) is 4.57 Å². The lowest BCUT2D eigenvalue weighted by atomic mass is 9.82. The van der Waals surface area contributed by atoms with Crippen LogP contribution >= 0.6 is 0 Å².